The lowest BCUT2D eigenvalue weighted by molar-refractivity contribution is 0.425. The van der Waals surface area contributed by atoms with Gasteiger partial charge in [0.25, 0.3) is 0 Å². The number of rotatable bonds is 4. The molecule has 0 bridgehead atoms. The molecule has 1 aromatic rings. The average Bonchev–Trinajstić information content (AvgIpc) is 2.08. The largest absolute Gasteiger partial charge is 0.381 e. The van der Waals surface area contributed by atoms with Crippen molar-refractivity contribution >= 4 is 5.69 Å². The summed E-state index contributed by atoms with van der Waals surface area (Å²) in [4.78, 5) is 2.04. The summed E-state index contributed by atoms with van der Waals surface area (Å²) in [6, 6.07) is 7.39. The molecule has 0 unspecified atom stereocenters. The second kappa shape index (κ2) is 4.82. The van der Waals surface area contributed by atoms with Crippen molar-refractivity contribution in [1.82, 2.24) is 4.90 Å². The molecule has 0 spiro atoms. The molecule has 0 amide bonds. The Balaban J connectivity index is 2.41. The Bertz CT molecular complexity index is 261. The van der Waals surface area contributed by atoms with Crippen LogP contribution in [0.5, 0.6) is 0 Å². The van der Waals surface area contributed by atoms with Gasteiger partial charge < -0.3 is 10.2 Å². The molecule has 1 radical (unpaired) electrons. The van der Waals surface area contributed by atoms with Crippen molar-refractivity contribution in [3.63, 3.8) is 0 Å². The van der Waals surface area contributed by atoms with Gasteiger partial charge in [0, 0.05) is 13.1 Å². The molecule has 0 aliphatic carbocycles. The van der Waals surface area contributed by atoms with Gasteiger partial charge in [-0.3, -0.25) is 0 Å². The molecule has 0 saturated heterocycles. The number of halogens is 1. The van der Waals surface area contributed by atoms with Gasteiger partial charge in [-0.1, -0.05) is 6.07 Å². The summed E-state index contributed by atoms with van der Waals surface area (Å²) < 4.78 is 13.0. The van der Waals surface area contributed by atoms with Crippen molar-refractivity contribution in [1.29, 1.82) is 0 Å². The molecule has 2 nitrogen and oxygen atoms in total. The second-order valence-electron chi connectivity index (χ2n) is 3.14. The molecule has 3 heteroatoms. The SMILES string of the molecule is CN(C)CCNc1cc[c]cc1F. The monoisotopic (exact) mass is 181 g/mol. The smallest absolute Gasteiger partial charge is 0.146 e. The first kappa shape index (κ1) is 9.99. The third-order valence-corrected chi connectivity index (χ3v) is 1.69. The molecular weight excluding hydrogens is 167 g/mol. The Kier molecular flexibility index (Phi) is 3.71. The number of hydrogen-bond donors (Lipinski definition) is 1. The summed E-state index contributed by atoms with van der Waals surface area (Å²) in [7, 11) is 3.97. The first-order chi connectivity index (χ1) is 6.20. The topological polar surface area (TPSA) is 15.3 Å². The highest BCUT2D eigenvalue weighted by molar-refractivity contribution is 5.43. The van der Waals surface area contributed by atoms with E-state index in [0.29, 0.717) is 5.69 Å². The van der Waals surface area contributed by atoms with Gasteiger partial charge in [0.1, 0.15) is 5.82 Å². The Hall–Kier alpha value is -1.09. The van der Waals surface area contributed by atoms with Gasteiger partial charge in [0.2, 0.25) is 0 Å². The number of likely N-dealkylation sites (N-methyl/N-ethyl adjacent to an activating group) is 1. The van der Waals surface area contributed by atoms with Gasteiger partial charge in [-0.2, -0.15) is 0 Å². The molecule has 1 N–H and O–H groups in total. The first-order valence-corrected chi connectivity index (χ1v) is 4.24. The van der Waals surface area contributed by atoms with E-state index in [1.807, 2.05) is 19.0 Å². The van der Waals surface area contributed by atoms with Gasteiger partial charge in [0.15, 0.2) is 0 Å². The van der Waals surface area contributed by atoms with Crippen LogP contribution in [-0.4, -0.2) is 32.1 Å². The number of nitrogens with zero attached hydrogens (tertiary/aromatic N) is 1. The zero-order chi connectivity index (χ0) is 9.68. The average molecular weight is 181 g/mol. The molecule has 0 aliphatic rings. The van der Waals surface area contributed by atoms with E-state index >= 15 is 0 Å². The van der Waals surface area contributed by atoms with Crippen LogP contribution in [0, 0.1) is 11.9 Å². The summed E-state index contributed by atoms with van der Waals surface area (Å²) in [5.41, 5.74) is 0.542. The summed E-state index contributed by atoms with van der Waals surface area (Å²) in [5, 5.41) is 3.01. The molecule has 13 heavy (non-hydrogen) atoms. The molecule has 1 rings (SSSR count). The van der Waals surface area contributed by atoms with Crippen molar-refractivity contribution in [2.24, 2.45) is 0 Å². The molecule has 0 aliphatic heterocycles. The molecule has 0 saturated carbocycles. The highest BCUT2D eigenvalue weighted by atomic mass is 19.1. The van der Waals surface area contributed by atoms with Crippen molar-refractivity contribution in [2.75, 3.05) is 32.5 Å². The van der Waals surface area contributed by atoms with Crippen LogP contribution in [0.3, 0.4) is 0 Å². The normalized spacial score (nSPS) is 10.5. The van der Waals surface area contributed by atoms with E-state index in [9.17, 15) is 4.39 Å². The fraction of sp³-hybridized carbons (Fsp3) is 0.400. The number of anilines is 1. The maximum absolute atomic E-state index is 13.0. The van der Waals surface area contributed by atoms with Crippen LogP contribution in [0.1, 0.15) is 0 Å². The molecule has 1 aromatic carbocycles. The molecule has 0 aromatic heterocycles. The Morgan fingerprint density at radius 2 is 2.31 bits per heavy atom. The Morgan fingerprint density at radius 1 is 1.54 bits per heavy atom. The standard InChI is InChI=1S/C10H14FN2/c1-13(2)8-7-12-10-6-4-3-5-9(10)11/h4-6,12H,7-8H2,1-2H3. The Morgan fingerprint density at radius 3 is 2.92 bits per heavy atom. The van der Waals surface area contributed by atoms with Crippen LogP contribution >= 0.6 is 0 Å². The molecule has 0 fully saturated rings. The van der Waals surface area contributed by atoms with Crippen molar-refractivity contribution in [2.45, 2.75) is 0 Å². The van der Waals surface area contributed by atoms with Gasteiger partial charge in [-0.05, 0) is 32.3 Å². The lowest BCUT2D eigenvalue weighted by Crippen LogP contribution is -2.21. The predicted molar refractivity (Wildman–Crippen MR) is 52.3 cm³/mol. The van der Waals surface area contributed by atoms with E-state index in [4.69, 9.17) is 0 Å². The number of benzene rings is 1. The van der Waals surface area contributed by atoms with E-state index in [2.05, 4.69) is 11.4 Å². The fourth-order valence-corrected chi connectivity index (χ4v) is 0.968. The van der Waals surface area contributed by atoms with Gasteiger partial charge in [-0.25, -0.2) is 4.39 Å². The fourth-order valence-electron chi connectivity index (χ4n) is 0.968. The quantitative estimate of drug-likeness (QED) is 0.759. The van der Waals surface area contributed by atoms with E-state index in [1.54, 1.807) is 12.1 Å². The van der Waals surface area contributed by atoms with Crippen molar-refractivity contribution in [3.8, 4) is 0 Å². The van der Waals surface area contributed by atoms with Gasteiger partial charge in [0.05, 0.1) is 5.69 Å². The third-order valence-electron chi connectivity index (χ3n) is 1.69. The van der Waals surface area contributed by atoms with Crippen LogP contribution in [0.15, 0.2) is 18.2 Å². The zero-order valence-corrected chi connectivity index (χ0v) is 7.97. The van der Waals surface area contributed by atoms with Crippen LogP contribution in [0.2, 0.25) is 0 Å². The maximum Gasteiger partial charge on any atom is 0.146 e. The molecule has 0 heterocycles. The lowest BCUT2D eigenvalue weighted by atomic mass is 10.3. The third kappa shape index (κ3) is 3.42. The van der Waals surface area contributed by atoms with E-state index in [0.717, 1.165) is 13.1 Å². The minimum absolute atomic E-state index is 0.249. The van der Waals surface area contributed by atoms with Crippen LogP contribution in [0.4, 0.5) is 10.1 Å². The van der Waals surface area contributed by atoms with E-state index in [-0.39, 0.29) is 5.82 Å². The highest BCUT2D eigenvalue weighted by Crippen LogP contribution is 2.10. The van der Waals surface area contributed by atoms with Gasteiger partial charge >= 0.3 is 0 Å². The molecular formula is C10H14FN2. The number of nitrogens with one attached hydrogen (secondary N) is 1. The van der Waals surface area contributed by atoms with Gasteiger partial charge in [-0.15, -0.1) is 0 Å². The predicted octanol–water partition coefficient (Wildman–Crippen LogP) is 1.60. The molecule has 0 atom stereocenters. The summed E-state index contributed by atoms with van der Waals surface area (Å²) in [5.74, 6) is -0.249. The zero-order valence-electron chi connectivity index (χ0n) is 7.97. The highest BCUT2D eigenvalue weighted by Gasteiger charge is 1.98. The van der Waals surface area contributed by atoms with Crippen LogP contribution in [-0.2, 0) is 0 Å². The minimum atomic E-state index is -0.249. The lowest BCUT2D eigenvalue weighted by Gasteiger charge is -2.11. The molecule has 71 valence electrons. The van der Waals surface area contributed by atoms with Crippen LogP contribution < -0.4 is 5.32 Å². The first-order valence-electron chi connectivity index (χ1n) is 4.24. The summed E-state index contributed by atoms with van der Waals surface area (Å²) >= 11 is 0. The summed E-state index contributed by atoms with van der Waals surface area (Å²) in [6.07, 6.45) is 0. The van der Waals surface area contributed by atoms with Crippen LogP contribution in [0.25, 0.3) is 0 Å². The Labute approximate surface area is 78.4 Å². The van der Waals surface area contributed by atoms with Crippen molar-refractivity contribution < 1.29 is 4.39 Å². The minimum Gasteiger partial charge on any atom is -0.381 e. The number of hydrogen-bond acceptors (Lipinski definition) is 2. The maximum atomic E-state index is 13.0. The second-order valence-corrected chi connectivity index (χ2v) is 3.14. The van der Waals surface area contributed by atoms with E-state index < -0.39 is 0 Å². The van der Waals surface area contributed by atoms with Crippen molar-refractivity contribution in [3.05, 3.63) is 30.1 Å². The van der Waals surface area contributed by atoms with E-state index in [1.165, 1.54) is 6.07 Å². The summed E-state index contributed by atoms with van der Waals surface area (Å²) in [6.45, 7) is 1.63.